The summed E-state index contributed by atoms with van der Waals surface area (Å²) in [4.78, 5) is 11.2. The Bertz CT molecular complexity index is 149. The number of rotatable bonds is 0. The maximum absolute atomic E-state index is 11.2. The number of hydrogen-bond acceptors (Lipinski definition) is 2. The third-order valence-electron chi connectivity index (χ3n) is 2.78. The minimum atomic E-state index is -0.185. The van der Waals surface area contributed by atoms with Crippen molar-refractivity contribution in [1.82, 2.24) is 0 Å². The van der Waals surface area contributed by atoms with Gasteiger partial charge in [0.15, 0.2) is 0 Å². The van der Waals surface area contributed by atoms with E-state index in [0.717, 1.165) is 25.7 Å². The van der Waals surface area contributed by atoms with Crippen molar-refractivity contribution in [3.8, 4) is 0 Å². The first-order valence-electron chi connectivity index (χ1n) is 3.99. The van der Waals surface area contributed by atoms with Crippen LogP contribution in [0.3, 0.4) is 0 Å². The van der Waals surface area contributed by atoms with E-state index in [1.165, 1.54) is 0 Å². The summed E-state index contributed by atoms with van der Waals surface area (Å²) in [6.45, 7) is 0. The summed E-state index contributed by atoms with van der Waals surface area (Å²) in [6, 6.07) is 0. The second-order valence-corrected chi connectivity index (χ2v) is 3.50. The van der Waals surface area contributed by atoms with Gasteiger partial charge in [0.05, 0.1) is 6.10 Å². The fourth-order valence-electron chi connectivity index (χ4n) is 2.24. The van der Waals surface area contributed by atoms with Gasteiger partial charge in [-0.2, -0.15) is 0 Å². The van der Waals surface area contributed by atoms with E-state index in [9.17, 15) is 9.90 Å². The number of aliphatic hydroxyl groups is 1. The summed E-state index contributed by atoms with van der Waals surface area (Å²) >= 11 is 0. The molecule has 0 heterocycles. The van der Waals surface area contributed by atoms with Gasteiger partial charge < -0.3 is 5.11 Å². The Morgan fingerprint density at radius 3 is 2.20 bits per heavy atom. The molecule has 2 nitrogen and oxygen atoms in total. The van der Waals surface area contributed by atoms with E-state index in [0.29, 0.717) is 5.78 Å². The van der Waals surface area contributed by atoms with Crippen molar-refractivity contribution in [3.05, 3.63) is 0 Å². The third kappa shape index (κ3) is 0.788. The van der Waals surface area contributed by atoms with Crippen molar-refractivity contribution in [2.45, 2.75) is 31.8 Å². The largest absolute Gasteiger partial charge is 0.393 e. The molecule has 10 heavy (non-hydrogen) atoms. The van der Waals surface area contributed by atoms with Gasteiger partial charge in [-0.3, -0.25) is 4.79 Å². The molecule has 2 aliphatic rings. The highest BCUT2D eigenvalue weighted by Gasteiger charge is 2.40. The first-order chi connectivity index (χ1) is 4.77. The summed E-state index contributed by atoms with van der Waals surface area (Å²) < 4.78 is 0. The summed E-state index contributed by atoms with van der Waals surface area (Å²) in [5, 5.41) is 9.26. The molecule has 0 saturated heterocycles. The highest BCUT2D eigenvalue weighted by molar-refractivity contribution is 5.86. The minimum Gasteiger partial charge on any atom is -0.393 e. The fourth-order valence-corrected chi connectivity index (χ4v) is 2.24. The maximum Gasteiger partial charge on any atom is 0.139 e. The predicted molar refractivity (Wildman–Crippen MR) is 36.5 cm³/mol. The highest BCUT2D eigenvalue weighted by Crippen LogP contribution is 2.38. The lowest BCUT2D eigenvalue weighted by Gasteiger charge is -2.21. The van der Waals surface area contributed by atoms with Crippen molar-refractivity contribution in [1.29, 1.82) is 0 Å². The average Bonchev–Trinajstić information content (AvgIpc) is 2.20. The maximum atomic E-state index is 11.2. The van der Waals surface area contributed by atoms with E-state index < -0.39 is 0 Å². The first kappa shape index (κ1) is 6.35. The molecule has 0 amide bonds. The van der Waals surface area contributed by atoms with Gasteiger partial charge >= 0.3 is 0 Å². The number of carbonyl (C=O) groups excluding carboxylic acids is 1. The molecule has 3 atom stereocenters. The molecule has 56 valence electrons. The Kier molecular flexibility index (Phi) is 1.31. The molecule has 1 unspecified atom stereocenters. The standard InChI is InChI=1S/C8H12O2/c9-7-3-5-1-2-6(4-7)8(5)10/h5-7,9H,1-4H2/t5-,6+,7?. The van der Waals surface area contributed by atoms with E-state index >= 15 is 0 Å². The van der Waals surface area contributed by atoms with E-state index in [1.54, 1.807) is 0 Å². The molecule has 2 rings (SSSR count). The summed E-state index contributed by atoms with van der Waals surface area (Å²) in [5.41, 5.74) is 0. The number of aliphatic hydroxyl groups excluding tert-OH is 1. The Morgan fingerprint density at radius 1 is 1.20 bits per heavy atom. The zero-order valence-electron chi connectivity index (χ0n) is 5.92. The Balaban J connectivity index is 2.16. The van der Waals surface area contributed by atoms with Crippen molar-refractivity contribution in [2.24, 2.45) is 11.8 Å². The van der Waals surface area contributed by atoms with E-state index in [4.69, 9.17) is 0 Å². The zero-order valence-corrected chi connectivity index (χ0v) is 5.92. The van der Waals surface area contributed by atoms with Crippen LogP contribution in [0.5, 0.6) is 0 Å². The molecular weight excluding hydrogens is 128 g/mol. The SMILES string of the molecule is O=C1[C@@H]2CC[C@H]1CC(O)C2. The molecule has 0 aromatic heterocycles. The summed E-state index contributed by atoms with van der Waals surface area (Å²) in [7, 11) is 0. The van der Waals surface area contributed by atoms with Crippen LogP contribution in [-0.4, -0.2) is 17.0 Å². The average molecular weight is 140 g/mol. The number of Topliss-reactive ketones (excluding diaryl/α,β-unsaturated/α-hetero) is 1. The van der Waals surface area contributed by atoms with Gasteiger partial charge in [-0.05, 0) is 25.7 Å². The van der Waals surface area contributed by atoms with Crippen LogP contribution in [0, 0.1) is 11.8 Å². The van der Waals surface area contributed by atoms with Crippen LogP contribution in [0.15, 0.2) is 0 Å². The molecule has 0 aromatic rings. The molecule has 2 bridgehead atoms. The van der Waals surface area contributed by atoms with E-state index in [1.807, 2.05) is 0 Å². The summed E-state index contributed by atoms with van der Waals surface area (Å²) in [5.74, 6) is 0.854. The summed E-state index contributed by atoms with van der Waals surface area (Å²) in [6.07, 6.45) is 3.33. The van der Waals surface area contributed by atoms with Gasteiger partial charge in [0.25, 0.3) is 0 Å². The molecule has 2 aliphatic carbocycles. The van der Waals surface area contributed by atoms with Crippen molar-refractivity contribution < 1.29 is 9.90 Å². The number of fused-ring (bicyclic) bond motifs is 2. The lowest BCUT2D eigenvalue weighted by atomic mass is 9.86. The second-order valence-electron chi connectivity index (χ2n) is 3.50. The van der Waals surface area contributed by atoms with Crippen LogP contribution in [-0.2, 0) is 4.79 Å². The predicted octanol–water partition coefficient (Wildman–Crippen LogP) is 0.736. The van der Waals surface area contributed by atoms with Crippen molar-refractivity contribution in [2.75, 3.05) is 0 Å². The number of carbonyl (C=O) groups is 1. The normalized spacial score (nSPS) is 46.1. The topological polar surface area (TPSA) is 37.3 Å². The van der Waals surface area contributed by atoms with Gasteiger partial charge in [-0.1, -0.05) is 0 Å². The molecule has 2 saturated carbocycles. The molecule has 0 spiro atoms. The Hall–Kier alpha value is -0.370. The molecule has 1 N–H and O–H groups in total. The van der Waals surface area contributed by atoms with Crippen LogP contribution in [0.2, 0.25) is 0 Å². The smallest absolute Gasteiger partial charge is 0.139 e. The second kappa shape index (κ2) is 2.06. The van der Waals surface area contributed by atoms with Gasteiger partial charge in [-0.25, -0.2) is 0 Å². The lowest BCUT2D eigenvalue weighted by molar-refractivity contribution is -0.128. The van der Waals surface area contributed by atoms with Gasteiger partial charge in [0, 0.05) is 11.8 Å². The van der Waals surface area contributed by atoms with Crippen molar-refractivity contribution >= 4 is 5.78 Å². The molecule has 0 aliphatic heterocycles. The molecule has 2 heteroatoms. The molecule has 0 radical (unpaired) electrons. The van der Waals surface area contributed by atoms with Crippen molar-refractivity contribution in [3.63, 3.8) is 0 Å². The minimum absolute atomic E-state index is 0.185. The molecule has 2 fully saturated rings. The van der Waals surface area contributed by atoms with Gasteiger partial charge in [-0.15, -0.1) is 0 Å². The Morgan fingerprint density at radius 2 is 1.70 bits per heavy atom. The number of hydrogen-bond donors (Lipinski definition) is 1. The first-order valence-corrected chi connectivity index (χ1v) is 3.99. The highest BCUT2D eigenvalue weighted by atomic mass is 16.3. The molecular formula is C8H12O2. The van der Waals surface area contributed by atoms with E-state index in [2.05, 4.69) is 0 Å². The van der Waals surface area contributed by atoms with Crippen LogP contribution in [0.4, 0.5) is 0 Å². The quantitative estimate of drug-likeness (QED) is 0.538. The van der Waals surface area contributed by atoms with Crippen LogP contribution < -0.4 is 0 Å². The van der Waals surface area contributed by atoms with Crippen LogP contribution in [0.1, 0.15) is 25.7 Å². The van der Waals surface area contributed by atoms with Gasteiger partial charge in [0.2, 0.25) is 0 Å². The molecule has 0 aromatic carbocycles. The van der Waals surface area contributed by atoms with Crippen LogP contribution >= 0.6 is 0 Å². The third-order valence-corrected chi connectivity index (χ3v) is 2.78. The number of ketones is 1. The fraction of sp³-hybridized carbons (Fsp3) is 0.875. The lowest BCUT2D eigenvalue weighted by Crippen LogP contribution is -2.28. The van der Waals surface area contributed by atoms with Crippen LogP contribution in [0.25, 0.3) is 0 Å². The monoisotopic (exact) mass is 140 g/mol. The Labute approximate surface area is 60.2 Å². The van der Waals surface area contributed by atoms with Gasteiger partial charge in [0.1, 0.15) is 5.78 Å². The van der Waals surface area contributed by atoms with E-state index in [-0.39, 0.29) is 17.9 Å². The zero-order chi connectivity index (χ0) is 7.14.